The summed E-state index contributed by atoms with van der Waals surface area (Å²) < 4.78 is 10.1. The van der Waals surface area contributed by atoms with Gasteiger partial charge in [-0.3, -0.25) is 9.69 Å². The number of imide groups is 1. The molecule has 0 radical (unpaired) electrons. The van der Waals surface area contributed by atoms with Crippen molar-refractivity contribution in [2.75, 3.05) is 26.7 Å². The Hall–Kier alpha value is -2.02. The molecule has 0 aromatic heterocycles. The van der Waals surface area contributed by atoms with Gasteiger partial charge in [0.15, 0.2) is 0 Å². The number of nitrogens with zero attached hydrogens (tertiary/aromatic N) is 2. The standard InChI is InChI=1S/C13H16N2O4/c1-5-7-18-9-14-11(16)13(3,4)15(12(14)17)10-19-8-6-2/h1-2H,7-10H2,3-4H3. The summed E-state index contributed by atoms with van der Waals surface area (Å²) in [6.45, 7) is 3.15. The minimum absolute atomic E-state index is 0.0328. The summed E-state index contributed by atoms with van der Waals surface area (Å²) >= 11 is 0. The second-order valence-electron chi connectivity index (χ2n) is 4.37. The number of carbonyl (C=O) groups excluding carboxylic acids is 2. The predicted octanol–water partition coefficient (Wildman–Crippen LogP) is 0.244. The first kappa shape index (κ1) is 15.0. The monoisotopic (exact) mass is 264 g/mol. The average molecular weight is 264 g/mol. The van der Waals surface area contributed by atoms with Crippen molar-refractivity contribution in [2.24, 2.45) is 0 Å². The molecular weight excluding hydrogens is 248 g/mol. The van der Waals surface area contributed by atoms with Gasteiger partial charge in [-0.1, -0.05) is 11.8 Å². The van der Waals surface area contributed by atoms with Gasteiger partial charge in [-0.25, -0.2) is 9.69 Å². The van der Waals surface area contributed by atoms with Gasteiger partial charge >= 0.3 is 6.03 Å². The number of urea groups is 1. The van der Waals surface area contributed by atoms with Crippen LogP contribution in [0.3, 0.4) is 0 Å². The van der Waals surface area contributed by atoms with Crippen molar-refractivity contribution in [3.63, 3.8) is 0 Å². The van der Waals surface area contributed by atoms with Gasteiger partial charge < -0.3 is 9.47 Å². The molecular formula is C13H16N2O4. The van der Waals surface area contributed by atoms with Crippen molar-refractivity contribution in [2.45, 2.75) is 19.4 Å². The minimum Gasteiger partial charge on any atom is -0.348 e. The van der Waals surface area contributed by atoms with Crippen LogP contribution in [0.15, 0.2) is 0 Å². The van der Waals surface area contributed by atoms with Gasteiger partial charge in [-0.05, 0) is 13.8 Å². The maximum Gasteiger partial charge on any atom is 0.331 e. The third kappa shape index (κ3) is 3.05. The number of amides is 3. The van der Waals surface area contributed by atoms with Crippen molar-refractivity contribution >= 4 is 11.9 Å². The topological polar surface area (TPSA) is 59.1 Å². The zero-order valence-electron chi connectivity index (χ0n) is 11.0. The molecule has 1 fully saturated rings. The quantitative estimate of drug-likeness (QED) is 0.392. The molecule has 1 saturated heterocycles. The molecule has 0 aromatic carbocycles. The highest BCUT2D eigenvalue weighted by Gasteiger charge is 2.51. The van der Waals surface area contributed by atoms with Crippen molar-refractivity contribution in [3.05, 3.63) is 0 Å². The fraction of sp³-hybridized carbons (Fsp3) is 0.538. The SMILES string of the molecule is C#CCOCN1C(=O)N(COCC#C)C(C)(C)C1=O. The predicted molar refractivity (Wildman–Crippen MR) is 67.5 cm³/mol. The molecule has 1 heterocycles. The summed E-state index contributed by atoms with van der Waals surface area (Å²) in [6.07, 6.45) is 10.1. The van der Waals surface area contributed by atoms with Gasteiger partial charge in [0.05, 0.1) is 0 Å². The normalized spacial score (nSPS) is 17.5. The van der Waals surface area contributed by atoms with Crippen molar-refractivity contribution < 1.29 is 19.1 Å². The molecule has 19 heavy (non-hydrogen) atoms. The number of terminal acetylenes is 2. The van der Waals surface area contributed by atoms with Gasteiger partial charge in [0.1, 0.15) is 32.2 Å². The van der Waals surface area contributed by atoms with Gasteiger partial charge in [-0.2, -0.15) is 0 Å². The smallest absolute Gasteiger partial charge is 0.331 e. The Balaban J connectivity index is 2.73. The molecule has 0 spiro atoms. The Morgan fingerprint density at radius 3 is 2.16 bits per heavy atom. The van der Waals surface area contributed by atoms with Crippen LogP contribution in [-0.4, -0.2) is 54.0 Å². The van der Waals surface area contributed by atoms with E-state index in [4.69, 9.17) is 22.3 Å². The Kier molecular flexibility index (Phi) is 4.94. The number of ether oxygens (including phenoxy) is 2. The van der Waals surface area contributed by atoms with Gasteiger partial charge in [0.25, 0.3) is 5.91 Å². The number of rotatable bonds is 6. The van der Waals surface area contributed by atoms with Crippen LogP contribution in [0.1, 0.15) is 13.8 Å². The number of carbonyl (C=O) groups is 2. The lowest BCUT2D eigenvalue weighted by atomic mass is 10.1. The van der Waals surface area contributed by atoms with Crippen LogP contribution in [-0.2, 0) is 14.3 Å². The number of hydrogen-bond acceptors (Lipinski definition) is 4. The van der Waals surface area contributed by atoms with Crippen LogP contribution in [0.4, 0.5) is 4.79 Å². The highest BCUT2D eigenvalue weighted by Crippen LogP contribution is 2.27. The molecule has 0 bridgehead atoms. The third-order valence-corrected chi connectivity index (χ3v) is 2.72. The van der Waals surface area contributed by atoms with E-state index < -0.39 is 11.6 Å². The Morgan fingerprint density at radius 1 is 1.11 bits per heavy atom. The zero-order valence-corrected chi connectivity index (χ0v) is 11.0. The molecule has 102 valence electrons. The van der Waals surface area contributed by atoms with E-state index >= 15 is 0 Å². The maximum atomic E-state index is 12.1. The van der Waals surface area contributed by atoms with Gasteiger partial charge in [0, 0.05) is 0 Å². The van der Waals surface area contributed by atoms with Gasteiger partial charge in [0.2, 0.25) is 0 Å². The second-order valence-corrected chi connectivity index (χ2v) is 4.37. The third-order valence-electron chi connectivity index (χ3n) is 2.72. The van der Waals surface area contributed by atoms with Crippen LogP contribution < -0.4 is 0 Å². The van der Waals surface area contributed by atoms with Crippen molar-refractivity contribution in [3.8, 4) is 24.7 Å². The van der Waals surface area contributed by atoms with Crippen molar-refractivity contribution in [1.82, 2.24) is 9.80 Å². The summed E-state index contributed by atoms with van der Waals surface area (Å²) in [4.78, 5) is 26.5. The molecule has 1 aliphatic rings. The number of hydrogen-bond donors (Lipinski definition) is 0. The van der Waals surface area contributed by atoms with Crippen molar-refractivity contribution in [1.29, 1.82) is 0 Å². The Bertz CT molecular complexity index is 445. The van der Waals surface area contributed by atoms with Crippen LogP contribution in [0.25, 0.3) is 0 Å². The summed E-state index contributed by atoms with van der Waals surface area (Å²) in [5.41, 5.74) is -0.995. The first-order valence-corrected chi connectivity index (χ1v) is 5.62. The van der Waals surface area contributed by atoms with Gasteiger partial charge in [-0.15, -0.1) is 12.8 Å². The molecule has 6 heteroatoms. The highest BCUT2D eigenvalue weighted by molar-refractivity contribution is 6.06. The van der Waals surface area contributed by atoms with E-state index in [-0.39, 0.29) is 32.6 Å². The molecule has 0 unspecified atom stereocenters. The maximum absolute atomic E-state index is 12.1. The van der Waals surface area contributed by atoms with Crippen LogP contribution in [0, 0.1) is 24.7 Å². The summed E-state index contributed by atoms with van der Waals surface area (Å²) in [7, 11) is 0. The van der Waals surface area contributed by atoms with E-state index in [1.165, 1.54) is 4.90 Å². The Morgan fingerprint density at radius 2 is 1.63 bits per heavy atom. The highest BCUT2D eigenvalue weighted by atomic mass is 16.5. The lowest BCUT2D eigenvalue weighted by molar-refractivity contribution is -0.135. The summed E-state index contributed by atoms with van der Waals surface area (Å²) in [5, 5.41) is 0. The summed E-state index contributed by atoms with van der Waals surface area (Å²) in [5.74, 6) is 4.19. The van der Waals surface area contributed by atoms with E-state index in [9.17, 15) is 9.59 Å². The molecule has 3 amide bonds. The zero-order chi connectivity index (χ0) is 14.5. The fourth-order valence-electron chi connectivity index (χ4n) is 1.64. The van der Waals surface area contributed by atoms with Crippen LogP contribution >= 0.6 is 0 Å². The second kappa shape index (κ2) is 6.24. The molecule has 1 rings (SSSR count). The first-order chi connectivity index (χ1) is 8.96. The lowest BCUT2D eigenvalue weighted by Gasteiger charge is -2.26. The van der Waals surface area contributed by atoms with E-state index in [0.717, 1.165) is 4.90 Å². The minimum atomic E-state index is -0.995. The first-order valence-electron chi connectivity index (χ1n) is 5.62. The fourth-order valence-corrected chi connectivity index (χ4v) is 1.64. The summed E-state index contributed by atoms with van der Waals surface area (Å²) in [6, 6.07) is -0.482. The molecule has 6 nitrogen and oxygen atoms in total. The molecule has 0 aromatic rings. The largest absolute Gasteiger partial charge is 0.348 e. The van der Waals surface area contributed by atoms with Crippen LogP contribution in [0.2, 0.25) is 0 Å². The molecule has 0 saturated carbocycles. The Labute approximate surface area is 112 Å². The molecule has 0 aliphatic carbocycles. The van der Waals surface area contributed by atoms with E-state index in [1.807, 2.05) is 0 Å². The molecule has 0 N–H and O–H groups in total. The lowest BCUT2D eigenvalue weighted by Crippen LogP contribution is -2.45. The van der Waals surface area contributed by atoms with E-state index in [0.29, 0.717) is 0 Å². The van der Waals surface area contributed by atoms with E-state index in [2.05, 4.69) is 11.8 Å². The average Bonchev–Trinajstić information content (AvgIpc) is 2.52. The van der Waals surface area contributed by atoms with E-state index in [1.54, 1.807) is 13.8 Å². The van der Waals surface area contributed by atoms with Crippen LogP contribution in [0.5, 0.6) is 0 Å². The molecule has 0 atom stereocenters. The molecule has 1 aliphatic heterocycles.